The number of anilines is 1. The second-order valence-corrected chi connectivity index (χ2v) is 7.87. The van der Waals surface area contributed by atoms with Crippen LogP contribution in [0.15, 0.2) is 43.4 Å². The minimum Gasteiger partial charge on any atom is -0.383 e. The maximum atomic E-state index is 12.4. The number of likely N-dealkylation sites (tertiary alicyclic amines) is 1. The number of hydrogen-bond donors (Lipinski definition) is 2. The molecule has 166 valence electrons. The van der Waals surface area contributed by atoms with Crippen molar-refractivity contribution in [2.45, 2.75) is 18.5 Å². The van der Waals surface area contributed by atoms with Crippen LogP contribution < -0.4 is 5.73 Å². The maximum absolute atomic E-state index is 12.4. The number of nitrogens with zero attached hydrogens (tertiary/aromatic N) is 6. The van der Waals surface area contributed by atoms with E-state index in [0.29, 0.717) is 42.1 Å². The molecule has 3 N–H and O–H groups in total. The molecule has 1 aromatic carbocycles. The summed E-state index contributed by atoms with van der Waals surface area (Å²) >= 11 is 0. The number of fused-ring (bicyclic) bond motifs is 2. The molecule has 10 nitrogen and oxygen atoms in total. The van der Waals surface area contributed by atoms with Crippen LogP contribution in [-0.4, -0.2) is 67.1 Å². The Morgan fingerprint density at radius 3 is 3.09 bits per heavy atom. The fraction of sp³-hybridized carbons (Fsp3) is 0.261. The van der Waals surface area contributed by atoms with Gasteiger partial charge in [0, 0.05) is 24.6 Å². The second kappa shape index (κ2) is 8.37. The highest BCUT2D eigenvalue weighted by Gasteiger charge is 2.37. The van der Waals surface area contributed by atoms with Crippen molar-refractivity contribution in [2.75, 3.05) is 26.0 Å². The molecule has 2 atom stereocenters. The Labute approximate surface area is 189 Å². The molecule has 0 spiro atoms. The van der Waals surface area contributed by atoms with Crippen LogP contribution >= 0.6 is 0 Å². The SMILES string of the molecule is C=CC(=O)N1CC(n2nc(C#Cc3ccc4cn[nH]c4c3)c3c(N)ncnc32)C[C@@H]1COC. The third-order valence-electron chi connectivity index (χ3n) is 5.84. The van der Waals surface area contributed by atoms with Gasteiger partial charge in [0.05, 0.1) is 35.8 Å². The molecule has 4 aromatic rings. The minimum atomic E-state index is -0.139. The summed E-state index contributed by atoms with van der Waals surface area (Å²) in [6, 6.07) is 5.62. The van der Waals surface area contributed by atoms with Crippen LogP contribution in [0.2, 0.25) is 0 Å². The predicted molar refractivity (Wildman–Crippen MR) is 123 cm³/mol. The molecule has 4 heterocycles. The number of aromatic amines is 1. The molecule has 33 heavy (non-hydrogen) atoms. The molecule has 0 aliphatic carbocycles. The van der Waals surface area contributed by atoms with Gasteiger partial charge in [0.25, 0.3) is 0 Å². The normalized spacial score (nSPS) is 17.9. The summed E-state index contributed by atoms with van der Waals surface area (Å²) in [6.07, 6.45) is 5.16. The fourth-order valence-electron chi connectivity index (χ4n) is 4.29. The Bertz CT molecular complexity index is 1430. The molecule has 0 radical (unpaired) electrons. The number of aromatic nitrogens is 6. The number of rotatable bonds is 4. The highest BCUT2D eigenvalue weighted by atomic mass is 16.5. The van der Waals surface area contributed by atoms with Crippen LogP contribution in [0.25, 0.3) is 21.9 Å². The Balaban J connectivity index is 1.55. The molecule has 1 saturated heterocycles. The van der Waals surface area contributed by atoms with E-state index in [2.05, 4.69) is 38.6 Å². The summed E-state index contributed by atoms with van der Waals surface area (Å²) in [7, 11) is 1.62. The summed E-state index contributed by atoms with van der Waals surface area (Å²) in [5.74, 6) is 6.45. The van der Waals surface area contributed by atoms with Gasteiger partial charge < -0.3 is 15.4 Å². The van der Waals surface area contributed by atoms with Crippen LogP contribution in [0.4, 0.5) is 5.82 Å². The van der Waals surface area contributed by atoms with Gasteiger partial charge in [-0.1, -0.05) is 12.5 Å². The van der Waals surface area contributed by atoms with Gasteiger partial charge in [0.1, 0.15) is 17.8 Å². The number of ether oxygens (including phenoxy) is 1. The summed E-state index contributed by atoms with van der Waals surface area (Å²) in [5.41, 5.74) is 8.98. The number of methoxy groups -OCH3 is 1. The number of nitrogens with one attached hydrogen (secondary N) is 1. The second-order valence-electron chi connectivity index (χ2n) is 7.87. The lowest BCUT2D eigenvalue weighted by Crippen LogP contribution is -2.37. The fourth-order valence-corrected chi connectivity index (χ4v) is 4.29. The van der Waals surface area contributed by atoms with Gasteiger partial charge in [0.2, 0.25) is 5.91 Å². The highest BCUT2D eigenvalue weighted by Crippen LogP contribution is 2.32. The molecule has 0 saturated carbocycles. The molecule has 3 aromatic heterocycles. The third-order valence-corrected chi connectivity index (χ3v) is 5.84. The first kappa shape index (κ1) is 20.7. The van der Waals surface area contributed by atoms with Crippen molar-refractivity contribution in [2.24, 2.45) is 0 Å². The number of nitrogen functional groups attached to an aromatic ring is 1. The van der Waals surface area contributed by atoms with Gasteiger partial charge >= 0.3 is 0 Å². The van der Waals surface area contributed by atoms with Gasteiger partial charge in [-0.3, -0.25) is 9.89 Å². The first-order valence-electron chi connectivity index (χ1n) is 10.4. The van der Waals surface area contributed by atoms with Crippen LogP contribution in [0.3, 0.4) is 0 Å². The van der Waals surface area contributed by atoms with E-state index in [1.807, 2.05) is 18.2 Å². The van der Waals surface area contributed by atoms with E-state index in [0.717, 1.165) is 16.5 Å². The Morgan fingerprint density at radius 2 is 2.27 bits per heavy atom. The zero-order chi connectivity index (χ0) is 22.9. The number of nitrogens with two attached hydrogens (primary N) is 1. The van der Waals surface area contributed by atoms with Crippen molar-refractivity contribution in [3.8, 4) is 11.8 Å². The predicted octanol–water partition coefficient (Wildman–Crippen LogP) is 1.66. The molecule has 1 unspecified atom stereocenters. The van der Waals surface area contributed by atoms with Gasteiger partial charge in [0.15, 0.2) is 5.65 Å². The minimum absolute atomic E-state index is 0.0837. The molecule has 1 aliphatic heterocycles. The monoisotopic (exact) mass is 442 g/mol. The number of amides is 1. The lowest BCUT2D eigenvalue weighted by Gasteiger charge is -2.22. The lowest BCUT2D eigenvalue weighted by atomic mass is 10.1. The quantitative estimate of drug-likeness (QED) is 0.363. The standard InChI is InChI=1S/C23H22N8O2/c1-3-20(32)30-11-16(9-17(30)12-33-2)31-23-21(22(24)25-13-26-23)18(29-31)7-5-14-4-6-15-10-27-28-19(15)8-14/h3-4,6,8,10,13,16-17H,1,9,11-12H2,2H3,(H,27,28)(H2,24,25,26)/t16?,17-/m1/s1. The van der Waals surface area contributed by atoms with E-state index in [-0.39, 0.29) is 18.0 Å². The number of carbonyl (C=O) groups excluding carboxylic acids is 1. The van der Waals surface area contributed by atoms with E-state index in [4.69, 9.17) is 15.6 Å². The molecule has 5 rings (SSSR count). The van der Waals surface area contributed by atoms with Crippen LogP contribution in [-0.2, 0) is 9.53 Å². The molecule has 1 aliphatic rings. The number of carbonyl (C=O) groups is 1. The molecule has 0 bridgehead atoms. The largest absolute Gasteiger partial charge is 0.383 e. The van der Waals surface area contributed by atoms with Crippen molar-refractivity contribution in [1.29, 1.82) is 0 Å². The number of H-pyrrole nitrogens is 1. The average Bonchev–Trinajstić information content (AvgIpc) is 3.54. The van der Waals surface area contributed by atoms with E-state index in [1.54, 1.807) is 22.9 Å². The Hall–Kier alpha value is -4.23. The molecular weight excluding hydrogens is 420 g/mol. The van der Waals surface area contributed by atoms with Crippen LogP contribution in [0, 0.1) is 11.8 Å². The maximum Gasteiger partial charge on any atom is 0.246 e. The van der Waals surface area contributed by atoms with Gasteiger partial charge in [-0.25, -0.2) is 14.6 Å². The van der Waals surface area contributed by atoms with Crippen molar-refractivity contribution in [3.63, 3.8) is 0 Å². The van der Waals surface area contributed by atoms with E-state index >= 15 is 0 Å². The highest BCUT2D eigenvalue weighted by molar-refractivity contribution is 5.91. The van der Waals surface area contributed by atoms with E-state index in [1.165, 1.54) is 12.4 Å². The topological polar surface area (TPSA) is 128 Å². The molecule has 1 amide bonds. The summed E-state index contributed by atoms with van der Waals surface area (Å²) in [4.78, 5) is 22.7. The Kier molecular flexibility index (Phi) is 5.24. The first-order chi connectivity index (χ1) is 16.1. The summed E-state index contributed by atoms with van der Waals surface area (Å²) in [5, 5.41) is 13.3. The van der Waals surface area contributed by atoms with Crippen molar-refractivity contribution in [1.82, 2.24) is 34.8 Å². The van der Waals surface area contributed by atoms with Crippen molar-refractivity contribution < 1.29 is 9.53 Å². The smallest absolute Gasteiger partial charge is 0.246 e. The van der Waals surface area contributed by atoms with Gasteiger partial charge in [-0.2, -0.15) is 10.2 Å². The number of hydrogen-bond acceptors (Lipinski definition) is 7. The van der Waals surface area contributed by atoms with Gasteiger partial charge in [-0.15, -0.1) is 0 Å². The van der Waals surface area contributed by atoms with Crippen molar-refractivity contribution >= 4 is 33.7 Å². The average molecular weight is 442 g/mol. The Morgan fingerprint density at radius 1 is 1.39 bits per heavy atom. The number of benzene rings is 1. The van der Waals surface area contributed by atoms with Crippen molar-refractivity contribution in [3.05, 3.63) is 54.6 Å². The zero-order valence-corrected chi connectivity index (χ0v) is 18.0. The first-order valence-corrected chi connectivity index (χ1v) is 10.4. The third kappa shape index (κ3) is 3.68. The van der Waals surface area contributed by atoms with Gasteiger partial charge in [-0.05, 0) is 36.6 Å². The molecule has 10 heteroatoms. The molecule has 1 fully saturated rings. The molecular formula is C23H22N8O2. The van der Waals surface area contributed by atoms with Crippen LogP contribution in [0.1, 0.15) is 23.7 Å². The van der Waals surface area contributed by atoms with Crippen LogP contribution in [0.5, 0.6) is 0 Å². The summed E-state index contributed by atoms with van der Waals surface area (Å²) < 4.78 is 7.13. The lowest BCUT2D eigenvalue weighted by molar-refractivity contribution is -0.127. The summed E-state index contributed by atoms with van der Waals surface area (Å²) in [6.45, 7) is 4.50. The van der Waals surface area contributed by atoms with E-state index < -0.39 is 0 Å². The van der Waals surface area contributed by atoms with E-state index in [9.17, 15) is 4.79 Å². The zero-order valence-electron chi connectivity index (χ0n) is 18.0.